The Kier molecular flexibility index (Phi) is 2.81. The fourth-order valence-electron chi connectivity index (χ4n) is 2.00. The summed E-state index contributed by atoms with van der Waals surface area (Å²) in [6.45, 7) is 0. The van der Waals surface area contributed by atoms with Crippen LogP contribution in [0.15, 0.2) is 28.7 Å². The molecule has 0 aromatic heterocycles. The van der Waals surface area contributed by atoms with Crippen LogP contribution in [0, 0.1) is 16.7 Å². The molecule has 0 bridgehead atoms. The molecule has 1 aromatic carbocycles. The van der Waals surface area contributed by atoms with Crippen molar-refractivity contribution in [2.45, 2.75) is 25.4 Å². The zero-order chi connectivity index (χ0) is 10.9. The van der Waals surface area contributed by atoms with Gasteiger partial charge in [0, 0.05) is 4.47 Å². The highest BCUT2D eigenvalue weighted by Gasteiger charge is 2.44. The lowest BCUT2D eigenvalue weighted by molar-refractivity contribution is 0.00792. The Morgan fingerprint density at radius 1 is 1.47 bits per heavy atom. The predicted octanol–water partition coefficient (Wildman–Crippen LogP) is 3.18. The number of hydrogen-bond donors (Lipinski definition) is 1. The number of nitriles is 1. The van der Waals surface area contributed by atoms with Crippen LogP contribution in [0.5, 0.6) is 0 Å². The van der Waals surface area contributed by atoms with Crippen LogP contribution in [0.4, 0.5) is 0 Å². The van der Waals surface area contributed by atoms with Gasteiger partial charge in [0.05, 0.1) is 17.6 Å². The van der Waals surface area contributed by atoms with E-state index in [0.29, 0.717) is 0 Å². The first-order chi connectivity index (χ1) is 7.18. The number of hydrogen-bond acceptors (Lipinski definition) is 2. The molecule has 0 spiro atoms. The largest absolute Gasteiger partial charge is 0.387 e. The van der Waals surface area contributed by atoms with Crippen LogP contribution in [-0.2, 0) is 0 Å². The molecule has 1 aromatic rings. The first-order valence-corrected chi connectivity index (χ1v) is 5.82. The Bertz CT molecular complexity index is 406. The van der Waals surface area contributed by atoms with Crippen molar-refractivity contribution in [1.29, 1.82) is 5.26 Å². The van der Waals surface area contributed by atoms with Gasteiger partial charge in [-0.2, -0.15) is 5.26 Å². The van der Waals surface area contributed by atoms with Crippen molar-refractivity contribution >= 4 is 15.9 Å². The summed E-state index contributed by atoms with van der Waals surface area (Å²) in [6.07, 6.45) is 1.99. The summed E-state index contributed by atoms with van der Waals surface area (Å²) in [5, 5.41) is 19.3. The lowest BCUT2D eigenvalue weighted by Crippen LogP contribution is -2.34. The molecule has 0 heterocycles. The number of rotatable bonds is 2. The van der Waals surface area contributed by atoms with E-state index in [9.17, 15) is 5.11 Å². The highest BCUT2D eigenvalue weighted by atomic mass is 79.9. The Morgan fingerprint density at radius 3 is 2.67 bits per heavy atom. The maximum absolute atomic E-state index is 10.2. The summed E-state index contributed by atoms with van der Waals surface area (Å²) < 4.78 is 0.937. The van der Waals surface area contributed by atoms with Crippen LogP contribution in [0.3, 0.4) is 0 Å². The second kappa shape index (κ2) is 3.96. The summed E-state index contributed by atoms with van der Waals surface area (Å²) in [7, 11) is 0. The third-order valence-corrected chi connectivity index (χ3v) is 3.65. The average Bonchev–Trinajstić information content (AvgIpc) is 2.17. The molecule has 1 atom stereocenters. The van der Waals surface area contributed by atoms with Crippen LogP contribution >= 0.6 is 15.9 Å². The molecule has 15 heavy (non-hydrogen) atoms. The van der Waals surface area contributed by atoms with Crippen LogP contribution in [0.1, 0.15) is 30.9 Å². The summed E-state index contributed by atoms with van der Waals surface area (Å²) >= 11 is 3.37. The van der Waals surface area contributed by atoms with E-state index in [1.165, 1.54) is 0 Å². The SMILES string of the molecule is N#CC1(C(O)c2cccc(Br)c2)CCC1. The van der Waals surface area contributed by atoms with Crippen molar-refractivity contribution in [3.8, 4) is 6.07 Å². The summed E-state index contributed by atoms with van der Waals surface area (Å²) in [4.78, 5) is 0. The Labute approximate surface area is 97.7 Å². The van der Waals surface area contributed by atoms with Crippen molar-refractivity contribution in [3.63, 3.8) is 0 Å². The highest BCUT2D eigenvalue weighted by Crippen LogP contribution is 2.49. The molecule has 2 nitrogen and oxygen atoms in total. The third kappa shape index (κ3) is 1.80. The van der Waals surface area contributed by atoms with Gasteiger partial charge in [-0.05, 0) is 30.5 Å². The molecule has 3 heteroatoms. The molecule has 1 unspecified atom stereocenters. The minimum Gasteiger partial charge on any atom is -0.387 e. The number of nitrogens with zero attached hydrogens (tertiary/aromatic N) is 1. The minimum atomic E-state index is -0.659. The van der Waals surface area contributed by atoms with E-state index in [0.717, 1.165) is 29.3 Å². The minimum absolute atomic E-state index is 0.541. The molecule has 2 rings (SSSR count). The number of benzene rings is 1. The first-order valence-electron chi connectivity index (χ1n) is 5.03. The second-order valence-corrected chi connectivity index (χ2v) is 4.99. The monoisotopic (exact) mass is 265 g/mol. The molecule has 0 aliphatic heterocycles. The Balaban J connectivity index is 2.28. The van der Waals surface area contributed by atoms with Crippen LogP contribution in [0.25, 0.3) is 0 Å². The molecule has 78 valence electrons. The average molecular weight is 266 g/mol. The maximum Gasteiger partial charge on any atom is 0.0976 e. The lowest BCUT2D eigenvalue weighted by Gasteiger charge is -2.39. The smallest absolute Gasteiger partial charge is 0.0976 e. The van der Waals surface area contributed by atoms with E-state index in [2.05, 4.69) is 22.0 Å². The normalized spacial score (nSPS) is 20.1. The van der Waals surface area contributed by atoms with Gasteiger partial charge in [0.25, 0.3) is 0 Å². The predicted molar refractivity (Wildman–Crippen MR) is 61.0 cm³/mol. The summed E-state index contributed by atoms with van der Waals surface area (Å²) in [5.74, 6) is 0. The van der Waals surface area contributed by atoms with E-state index in [1.807, 2.05) is 24.3 Å². The fraction of sp³-hybridized carbons (Fsp3) is 0.417. The summed E-state index contributed by atoms with van der Waals surface area (Å²) in [6, 6.07) is 9.81. The molecule has 1 fully saturated rings. The highest BCUT2D eigenvalue weighted by molar-refractivity contribution is 9.10. The van der Waals surface area contributed by atoms with E-state index in [1.54, 1.807) is 0 Å². The van der Waals surface area contributed by atoms with Gasteiger partial charge in [-0.3, -0.25) is 0 Å². The lowest BCUT2D eigenvalue weighted by atomic mass is 9.65. The third-order valence-electron chi connectivity index (χ3n) is 3.16. The van der Waals surface area contributed by atoms with Gasteiger partial charge < -0.3 is 5.11 Å². The van der Waals surface area contributed by atoms with Gasteiger partial charge in [-0.1, -0.05) is 34.5 Å². The quantitative estimate of drug-likeness (QED) is 0.893. The number of halogens is 1. The molecule has 1 aliphatic rings. The molecule has 0 radical (unpaired) electrons. The van der Waals surface area contributed by atoms with Crippen molar-refractivity contribution in [2.24, 2.45) is 5.41 Å². The van der Waals surface area contributed by atoms with E-state index >= 15 is 0 Å². The molecule has 0 saturated heterocycles. The van der Waals surface area contributed by atoms with Crippen molar-refractivity contribution in [1.82, 2.24) is 0 Å². The van der Waals surface area contributed by atoms with Crippen molar-refractivity contribution < 1.29 is 5.11 Å². The number of aliphatic hydroxyl groups excluding tert-OH is 1. The van der Waals surface area contributed by atoms with Gasteiger partial charge in [0.2, 0.25) is 0 Å². The van der Waals surface area contributed by atoms with Gasteiger partial charge in [-0.25, -0.2) is 0 Å². The van der Waals surface area contributed by atoms with Crippen LogP contribution in [0.2, 0.25) is 0 Å². The van der Waals surface area contributed by atoms with Crippen LogP contribution < -0.4 is 0 Å². The van der Waals surface area contributed by atoms with Gasteiger partial charge in [-0.15, -0.1) is 0 Å². The Hall–Kier alpha value is -0.850. The van der Waals surface area contributed by atoms with E-state index in [4.69, 9.17) is 5.26 Å². The standard InChI is InChI=1S/C12H12BrNO/c13-10-4-1-3-9(7-10)11(15)12(8-14)5-2-6-12/h1,3-4,7,11,15H,2,5-6H2. The van der Waals surface area contributed by atoms with Gasteiger partial charge >= 0.3 is 0 Å². The van der Waals surface area contributed by atoms with Crippen molar-refractivity contribution in [2.75, 3.05) is 0 Å². The zero-order valence-corrected chi connectivity index (χ0v) is 9.87. The number of aliphatic hydroxyl groups is 1. The zero-order valence-electron chi connectivity index (χ0n) is 8.28. The van der Waals surface area contributed by atoms with Crippen LogP contribution in [-0.4, -0.2) is 5.11 Å². The fourth-order valence-corrected chi connectivity index (χ4v) is 2.42. The van der Waals surface area contributed by atoms with Gasteiger partial charge in [0.15, 0.2) is 0 Å². The topological polar surface area (TPSA) is 44.0 Å². The van der Waals surface area contributed by atoms with Gasteiger partial charge in [0.1, 0.15) is 0 Å². The molecule has 1 aliphatic carbocycles. The molecular weight excluding hydrogens is 254 g/mol. The molecule has 1 saturated carbocycles. The Morgan fingerprint density at radius 2 is 2.20 bits per heavy atom. The van der Waals surface area contributed by atoms with E-state index < -0.39 is 11.5 Å². The molecular formula is C12H12BrNO. The second-order valence-electron chi connectivity index (χ2n) is 4.08. The van der Waals surface area contributed by atoms with Crippen molar-refractivity contribution in [3.05, 3.63) is 34.3 Å². The molecule has 1 N–H and O–H groups in total. The summed E-state index contributed by atoms with van der Waals surface area (Å²) in [5.41, 5.74) is 0.284. The molecule has 0 amide bonds. The maximum atomic E-state index is 10.2. The van der Waals surface area contributed by atoms with E-state index in [-0.39, 0.29) is 0 Å². The first kappa shape index (κ1) is 10.7.